The molecule has 3 rings (SSSR count). The average Bonchev–Trinajstić information content (AvgIpc) is 3.13. The lowest BCUT2D eigenvalue weighted by Gasteiger charge is -2.15. The van der Waals surface area contributed by atoms with Gasteiger partial charge in [0.1, 0.15) is 6.04 Å². The number of carbonyl (C=O) groups excluding carboxylic acids is 1. The zero-order valence-electron chi connectivity index (χ0n) is 16.0. The highest BCUT2D eigenvalue weighted by atomic mass is 16.4. The van der Waals surface area contributed by atoms with Crippen LogP contribution in [-0.2, 0) is 36.6 Å². The van der Waals surface area contributed by atoms with Crippen molar-refractivity contribution in [3.63, 3.8) is 0 Å². The first-order valence-corrected chi connectivity index (χ1v) is 8.96. The zero-order valence-corrected chi connectivity index (χ0v) is 16.0. The molecule has 0 fully saturated rings. The Kier molecular flexibility index (Phi) is 5.62. The topological polar surface area (TPSA) is 128 Å². The number of nitrogens with zero attached hydrogens (tertiary/aromatic N) is 4. The van der Waals surface area contributed by atoms with E-state index in [-0.39, 0.29) is 30.6 Å². The van der Waals surface area contributed by atoms with Gasteiger partial charge in [-0.1, -0.05) is 30.3 Å². The third-order valence-corrected chi connectivity index (χ3v) is 4.71. The summed E-state index contributed by atoms with van der Waals surface area (Å²) in [6, 6.07) is 7.95. The monoisotopic (exact) mass is 399 g/mol. The highest BCUT2D eigenvalue weighted by Gasteiger charge is 2.21. The van der Waals surface area contributed by atoms with Crippen LogP contribution in [0, 0.1) is 0 Å². The molecular formula is C19H21N5O5. The highest BCUT2D eigenvalue weighted by molar-refractivity contribution is 5.83. The molecule has 1 aromatic carbocycles. The number of hydrogen-bond donors (Lipinski definition) is 2. The van der Waals surface area contributed by atoms with Crippen LogP contribution >= 0.6 is 0 Å². The minimum absolute atomic E-state index is 0.0456. The number of aromatic nitrogens is 4. The first-order valence-electron chi connectivity index (χ1n) is 8.96. The van der Waals surface area contributed by atoms with Gasteiger partial charge in [-0.15, -0.1) is 0 Å². The maximum absolute atomic E-state index is 12.4. The van der Waals surface area contributed by atoms with Crippen molar-refractivity contribution in [3.05, 3.63) is 63.1 Å². The number of rotatable bonds is 7. The summed E-state index contributed by atoms with van der Waals surface area (Å²) in [7, 11) is 2.88. The smallest absolute Gasteiger partial charge is 0.332 e. The van der Waals surface area contributed by atoms with Gasteiger partial charge in [0.25, 0.3) is 5.56 Å². The number of benzene rings is 1. The molecule has 2 aromatic heterocycles. The molecule has 0 saturated carbocycles. The largest absolute Gasteiger partial charge is 0.480 e. The molecule has 3 aromatic rings. The molecule has 1 atom stereocenters. The molecule has 0 spiro atoms. The lowest BCUT2D eigenvalue weighted by Crippen LogP contribution is -2.42. The second kappa shape index (κ2) is 8.13. The Labute approximate surface area is 165 Å². The van der Waals surface area contributed by atoms with E-state index in [2.05, 4.69) is 10.3 Å². The number of hydrogen-bond acceptors (Lipinski definition) is 5. The molecule has 0 radical (unpaired) electrons. The van der Waals surface area contributed by atoms with Crippen LogP contribution in [-0.4, -0.2) is 41.7 Å². The van der Waals surface area contributed by atoms with Crippen LogP contribution < -0.4 is 16.6 Å². The van der Waals surface area contributed by atoms with Crippen molar-refractivity contribution < 1.29 is 14.7 Å². The van der Waals surface area contributed by atoms with Crippen LogP contribution in [0.2, 0.25) is 0 Å². The molecule has 2 N–H and O–H groups in total. The van der Waals surface area contributed by atoms with Gasteiger partial charge in [0.2, 0.25) is 5.91 Å². The van der Waals surface area contributed by atoms with E-state index in [1.54, 1.807) is 24.3 Å². The second-order valence-electron chi connectivity index (χ2n) is 6.71. The first kappa shape index (κ1) is 20.1. The van der Waals surface area contributed by atoms with Gasteiger partial charge in [0, 0.05) is 33.5 Å². The van der Waals surface area contributed by atoms with Gasteiger partial charge < -0.3 is 15.0 Å². The second-order valence-corrected chi connectivity index (χ2v) is 6.71. The number of imidazole rings is 1. The molecule has 10 heteroatoms. The SMILES string of the molecule is Cn1c(=O)c2c(ncn2CCC(=O)N[C@@H](Cc2ccccc2)C(=O)O)n(C)c1=O. The van der Waals surface area contributed by atoms with Crippen LogP contribution in [0.25, 0.3) is 11.2 Å². The normalized spacial score (nSPS) is 12.1. The van der Waals surface area contributed by atoms with E-state index in [0.29, 0.717) is 0 Å². The summed E-state index contributed by atoms with van der Waals surface area (Å²) in [6.07, 6.45) is 1.51. The van der Waals surface area contributed by atoms with Crippen molar-refractivity contribution >= 4 is 23.0 Å². The number of carboxylic acids is 1. The van der Waals surface area contributed by atoms with Gasteiger partial charge in [-0.3, -0.25) is 18.7 Å². The van der Waals surface area contributed by atoms with Crippen LogP contribution in [0.15, 0.2) is 46.2 Å². The van der Waals surface area contributed by atoms with Crippen LogP contribution in [0.4, 0.5) is 0 Å². The number of amides is 1. The predicted molar refractivity (Wildman–Crippen MR) is 105 cm³/mol. The maximum Gasteiger partial charge on any atom is 0.332 e. The summed E-state index contributed by atoms with van der Waals surface area (Å²) in [5, 5.41) is 11.9. The number of aryl methyl sites for hydroxylation is 2. The average molecular weight is 399 g/mol. The molecule has 0 aliphatic rings. The maximum atomic E-state index is 12.4. The molecule has 1 amide bonds. The fourth-order valence-corrected chi connectivity index (χ4v) is 3.10. The molecule has 0 bridgehead atoms. The Morgan fingerprint density at radius 1 is 1.14 bits per heavy atom. The van der Waals surface area contributed by atoms with Crippen molar-refractivity contribution in [1.82, 2.24) is 24.0 Å². The van der Waals surface area contributed by atoms with Gasteiger partial charge in [-0.2, -0.15) is 0 Å². The van der Waals surface area contributed by atoms with E-state index in [0.717, 1.165) is 10.1 Å². The van der Waals surface area contributed by atoms with Crippen LogP contribution in [0.1, 0.15) is 12.0 Å². The number of carboxylic acid groups (broad SMARTS) is 1. The van der Waals surface area contributed by atoms with Gasteiger partial charge in [-0.05, 0) is 5.56 Å². The summed E-state index contributed by atoms with van der Waals surface area (Å²) in [5.74, 6) is -1.59. The molecule has 152 valence electrons. The minimum Gasteiger partial charge on any atom is -0.480 e. The molecule has 0 unspecified atom stereocenters. The molecule has 0 aliphatic heterocycles. The van der Waals surface area contributed by atoms with Crippen LogP contribution in [0.3, 0.4) is 0 Å². The Morgan fingerprint density at radius 2 is 1.83 bits per heavy atom. The third kappa shape index (κ3) is 4.10. The molecule has 2 heterocycles. The molecule has 0 aliphatic carbocycles. The number of fused-ring (bicyclic) bond motifs is 1. The Hall–Kier alpha value is -3.69. The van der Waals surface area contributed by atoms with Crippen molar-refractivity contribution in [2.45, 2.75) is 25.4 Å². The Morgan fingerprint density at radius 3 is 2.48 bits per heavy atom. The Bertz CT molecular complexity index is 1180. The van der Waals surface area contributed by atoms with Gasteiger partial charge in [-0.25, -0.2) is 14.6 Å². The molecule has 0 saturated heterocycles. The van der Waals surface area contributed by atoms with Crippen molar-refractivity contribution in [3.8, 4) is 0 Å². The summed E-state index contributed by atoms with van der Waals surface area (Å²) >= 11 is 0. The van der Waals surface area contributed by atoms with E-state index >= 15 is 0 Å². The zero-order chi connectivity index (χ0) is 21.1. The van der Waals surface area contributed by atoms with E-state index in [9.17, 15) is 24.3 Å². The fourth-order valence-electron chi connectivity index (χ4n) is 3.10. The van der Waals surface area contributed by atoms with E-state index in [1.807, 2.05) is 6.07 Å². The third-order valence-electron chi connectivity index (χ3n) is 4.71. The van der Waals surface area contributed by atoms with Crippen molar-refractivity contribution in [1.29, 1.82) is 0 Å². The standard InChI is InChI=1S/C19H21N5O5/c1-22-16-15(17(26)23(2)19(22)29)24(11-20-16)9-8-14(25)21-13(18(27)28)10-12-6-4-3-5-7-12/h3-7,11,13H,8-10H2,1-2H3,(H,21,25)(H,27,28)/t13-/m0/s1. The number of carbonyl (C=O) groups is 2. The summed E-state index contributed by atoms with van der Waals surface area (Å²) in [5.41, 5.74) is 0.238. The van der Waals surface area contributed by atoms with E-state index in [1.165, 1.54) is 29.6 Å². The van der Waals surface area contributed by atoms with Crippen LogP contribution in [0.5, 0.6) is 0 Å². The predicted octanol–water partition coefficient (Wildman–Crippen LogP) is -0.364. The van der Waals surface area contributed by atoms with Gasteiger partial charge in [0.05, 0.1) is 6.33 Å². The van der Waals surface area contributed by atoms with Gasteiger partial charge >= 0.3 is 11.7 Å². The fraction of sp³-hybridized carbons (Fsp3) is 0.316. The van der Waals surface area contributed by atoms with E-state index in [4.69, 9.17) is 0 Å². The number of aliphatic carboxylic acids is 1. The summed E-state index contributed by atoms with van der Waals surface area (Å²) < 4.78 is 3.72. The van der Waals surface area contributed by atoms with E-state index < -0.39 is 29.2 Å². The first-order chi connectivity index (χ1) is 13.8. The van der Waals surface area contributed by atoms with Gasteiger partial charge in [0.15, 0.2) is 11.2 Å². The molecular weight excluding hydrogens is 378 g/mol. The quantitative estimate of drug-likeness (QED) is 0.558. The summed E-state index contributed by atoms with van der Waals surface area (Å²) in [6.45, 7) is 0.119. The summed E-state index contributed by atoms with van der Waals surface area (Å²) in [4.78, 5) is 52.3. The lowest BCUT2D eigenvalue weighted by molar-refractivity contribution is -0.141. The van der Waals surface area contributed by atoms with Crippen molar-refractivity contribution in [2.24, 2.45) is 14.1 Å². The Balaban J connectivity index is 1.73. The number of nitrogens with one attached hydrogen (secondary N) is 1. The van der Waals surface area contributed by atoms with Crippen molar-refractivity contribution in [2.75, 3.05) is 0 Å². The molecule has 29 heavy (non-hydrogen) atoms. The minimum atomic E-state index is -1.13. The molecule has 10 nitrogen and oxygen atoms in total. The lowest BCUT2D eigenvalue weighted by atomic mass is 10.1. The highest BCUT2D eigenvalue weighted by Crippen LogP contribution is 2.07.